The summed E-state index contributed by atoms with van der Waals surface area (Å²) in [6.07, 6.45) is 5.83. The number of carbonyl (C=O) groups is 2. The van der Waals surface area contributed by atoms with E-state index in [4.69, 9.17) is 0 Å². The van der Waals surface area contributed by atoms with Crippen molar-refractivity contribution in [3.8, 4) is 0 Å². The number of hydrogen-bond donors (Lipinski definition) is 2. The Kier molecular flexibility index (Phi) is 2.85. The highest BCUT2D eigenvalue weighted by Gasteiger charge is 2.63. The highest BCUT2D eigenvalue weighted by Crippen LogP contribution is 2.66. The fraction of sp³-hybridized carbons (Fsp3) is 0.875. The molecule has 0 aliphatic heterocycles. The Bertz CT molecular complexity index is 439. The fourth-order valence-corrected chi connectivity index (χ4v) is 6.06. The van der Waals surface area contributed by atoms with Crippen LogP contribution in [0.25, 0.3) is 0 Å². The zero-order chi connectivity index (χ0) is 14.8. The van der Waals surface area contributed by atoms with Crippen LogP contribution in [0.5, 0.6) is 0 Å². The van der Waals surface area contributed by atoms with Crippen LogP contribution < -0.4 is 0 Å². The molecule has 0 saturated heterocycles. The molecule has 4 fully saturated rings. The van der Waals surface area contributed by atoms with Gasteiger partial charge in [0.25, 0.3) is 0 Å². The summed E-state index contributed by atoms with van der Waals surface area (Å²) >= 11 is 0. The van der Waals surface area contributed by atoms with E-state index in [1.165, 1.54) is 0 Å². The minimum atomic E-state index is -0.882. The molecule has 4 aliphatic carbocycles. The van der Waals surface area contributed by atoms with Crippen molar-refractivity contribution in [1.82, 2.24) is 0 Å². The first kappa shape index (κ1) is 14.1. The molecule has 4 rings (SSSR count). The van der Waals surface area contributed by atoms with Crippen LogP contribution in [-0.4, -0.2) is 28.1 Å². The molecule has 112 valence electrons. The number of carboxylic acid groups (broad SMARTS) is 1. The Morgan fingerprint density at radius 3 is 2.20 bits per heavy atom. The Hall–Kier alpha value is -0.900. The van der Waals surface area contributed by atoms with Gasteiger partial charge in [-0.05, 0) is 55.8 Å². The van der Waals surface area contributed by atoms with Gasteiger partial charge >= 0.3 is 5.97 Å². The molecule has 4 bridgehead atoms. The lowest BCUT2D eigenvalue weighted by molar-refractivity contribution is -0.202. The summed E-state index contributed by atoms with van der Waals surface area (Å²) < 4.78 is 0. The molecule has 4 saturated carbocycles. The van der Waals surface area contributed by atoms with Crippen molar-refractivity contribution in [2.75, 3.05) is 0 Å². The van der Waals surface area contributed by atoms with E-state index in [0.717, 1.165) is 38.4 Å². The highest BCUT2D eigenvalue weighted by atomic mass is 16.4. The number of hydrogen-bond acceptors (Lipinski definition) is 3. The molecule has 4 heteroatoms. The molecule has 0 spiro atoms. The minimum absolute atomic E-state index is 0.394. The van der Waals surface area contributed by atoms with Crippen LogP contribution >= 0.6 is 0 Å². The number of aldehydes is 1. The van der Waals surface area contributed by atoms with Crippen LogP contribution in [0, 0.1) is 28.6 Å². The maximum absolute atomic E-state index is 11.9. The third kappa shape index (κ3) is 1.92. The summed E-state index contributed by atoms with van der Waals surface area (Å²) in [6.45, 7) is 3.45. The normalized spacial score (nSPS) is 44.4. The molecule has 0 aromatic rings. The van der Waals surface area contributed by atoms with Crippen LogP contribution in [0.1, 0.15) is 52.4 Å². The van der Waals surface area contributed by atoms with Gasteiger partial charge in [-0.3, -0.25) is 4.79 Å². The third-order valence-electron chi connectivity index (χ3n) is 5.98. The Labute approximate surface area is 119 Å². The van der Waals surface area contributed by atoms with E-state index in [0.29, 0.717) is 18.3 Å². The Morgan fingerprint density at radius 1 is 1.25 bits per heavy atom. The van der Waals surface area contributed by atoms with E-state index in [1.807, 2.05) is 0 Å². The maximum atomic E-state index is 11.9. The van der Waals surface area contributed by atoms with Crippen molar-refractivity contribution >= 4 is 12.3 Å². The Morgan fingerprint density at radius 2 is 1.80 bits per heavy atom. The predicted molar refractivity (Wildman–Crippen MR) is 73.0 cm³/mol. The molecule has 2 N–H and O–H groups in total. The number of carboxylic acids is 1. The van der Waals surface area contributed by atoms with Crippen molar-refractivity contribution < 1.29 is 19.8 Å². The number of aliphatic carboxylic acids is 1. The van der Waals surface area contributed by atoms with Crippen molar-refractivity contribution in [2.24, 2.45) is 28.6 Å². The van der Waals surface area contributed by atoms with Gasteiger partial charge in [0, 0.05) is 5.41 Å². The number of carbonyl (C=O) groups excluding carboxylic acids is 1. The van der Waals surface area contributed by atoms with Crippen molar-refractivity contribution in [1.29, 1.82) is 0 Å². The van der Waals surface area contributed by atoms with Crippen LogP contribution in [0.4, 0.5) is 0 Å². The second-order valence-corrected chi connectivity index (χ2v) is 8.26. The molecule has 4 aliphatic rings. The fourth-order valence-electron chi connectivity index (χ4n) is 6.06. The minimum Gasteiger partial charge on any atom is -0.481 e. The average Bonchev–Trinajstić information content (AvgIpc) is 2.23. The van der Waals surface area contributed by atoms with Gasteiger partial charge in [-0.2, -0.15) is 0 Å². The van der Waals surface area contributed by atoms with Gasteiger partial charge in [-0.1, -0.05) is 13.8 Å². The van der Waals surface area contributed by atoms with Gasteiger partial charge in [0.05, 0.1) is 11.5 Å². The summed E-state index contributed by atoms with van der Waals surface area (Å²) in [4.78, 5) is 23.3. The van der Waals surface area contributed by atoms with E-state index in [9.17, 15) is 19.8 Å². The van der Waals surface area contributed by atoms with Crippen LogP contribution in [-0.2, 0) is 9.59 Å². The van der Waals surface area contributed by atoms with E-state index >= 15 is 0 Å². The summed E-state index contributed by atoms with van der Waals surface area (Å²) in [6, 6.07) is 0. The van der Waals surface area contributed by atoms with Gasteiger partial charge in [0.1, 0.15) is 6.29 Å². The second kappa shape index (κ2) is 4.06. The zero-order valence-electron chi connectivity index (χ0n) is 12.3. The molecule has 0 radical (unpaired) electrons. The topological polar surface area (TPSA) is 74.6 Å². The third-order valence-corrected chi connectivity index (χ3v) is 5.98. The smallest absolute Gasteiger partial charge is 0.308 e. The lowest BCUT2D eigenvalue weighted by atomic mass is 9.42. The first-order valence-corrected chi connectivity index (χ1v) is 7.61. The molecule has 0 aromatic carbocycles. The van der Waals surface area contributed by atoms with Crippen LogP contribution in [0.2, 0.25) is 0 Å². The van der Waals surface area contributed by atoms with Gasteiger partial charge in [0.15, 0.2) is 0 Å². The molecule has 0 aromatic heterocycles. The summed E-state index contributed by atoms with van der Waals surface area (Å²) in [5.74, 6) is -0.700. The van der Waals surface area contributed by atoms with E-state index in [1.54, 1.807) is 13.8 Å². The highest BCUT2D eigenvalue weighted by molar-refractivity contribution is 5.78. The summed E-state index contributed by atoms with van der Waals surface area (Å²) in [5, 5.41) is 20.5. The standard InChI is InChI=1S/C16H24O4/c1-14(2,9-17)12(13(18)19)15-4-10-3-11(5-15)7-16(20,6-10)8-15/h9-12,20H,3-8H2,1-2H3,(H,18,19). The van der Waals surface area contributed by atoms with E-state index < -0.39 is 28.3 Å². The number of rotatable bonds is 4. The predicted octanol–water partition coefficient (Wildman–Crippen LogP) is 2.24. The van der Waals surface area contributed by atoms with Crippen molar-refractivity contribution in [3.63, 3.8) is 0 Å². The Balaban J connectivity index is 2.02. The molecule has 20 heavy (non-hydrogen) atoms. The number of aliphatic hydroxyl groups is 1. The quantitative estimate of drug-likeness (QED) is 0.774. The van der Waals surface area contributed by atoms with Crippen LogP contribution in [0.3, 0.4) is 0 Å². The molecular formula is C16H24O4. The first-order chi connectivity index (χ1) is 9.20. The molecular weight excluding hydrogens is 256 g/mol. The molecule has 3 unspecified atom stereocenters. The van der Waals surface area contributed by atoms with Gasteiger partial charge in [0.2, 0.25) is 0 Å². The monoisotopic (exact) mass is 280 g/mol. The largest absolute Gasteiger partial charge is 0.481 e. The summed E-state index contributed by atoms with van der Waals surface area (Å²) in [5.41, 5.74) is -1.96. The van der Waals surface area contributed by atoms with Crippen molar-refractivity contribution in [3.05, 3.63) is 0 Å². The van der Waals surface area contributed by atoms with Crippen LogP contribution in [0.15, 0.2) is 0 Å². The maximum Gasteiger partial charge on any atom is 0.308 e. The molecule has 4 nitrogen and oxygen atoms in total. The summed E-state index contributed by atoms with van der Waals surface area (Å²) in [7, 11) is 0. The van der Waals surface area contributed by atoms with Gasteiger partial charge < -0.3 is 15.0 Å². The van der Waals surface area contributed by atoms with Gasteiger partial charge in [-0.25, -0.2) is 0 Å². The van der Waals surface area contributed by atoms with Gasteiger partial charge in [-0.15, -0.1) is 0 Å². The zero-order valence-corrected chi connectivity index (χ0v) is 12.3. The molecule has 3 atom stereocenters. The molecule has 0 amide bonds. The first-order valence-electron chi connectivity index (χ1n) is 7.61. The SMILES string of the molecule is CC(C)(C=O)C(C(=O)O)C12CC3CC(CC(O)(C3)C1)C2. The average molecular weight is 280 g/mol. The van der Waals surface area contributed by atoms with Crippen molar-refractivity contribution in [2.45, 2.75) is 58.0 Å². The van der Waals surface area contributed by atoms with E-state index in [-0.39, 0.29) is 0 Å². The lowest BCUT2D eigenvalue weighted by Crippen LogP contribution is -2.61. The van der Waals surface area contributed by atoms with E-state index in [2.05, 4.69) is 0 Å². The molecule has 0 heterocycles. The lowest BCUT2D eigenvalue weighted by Gasteiger charge is -2.63. The second-order valence-electron chi connectivity index (χ2n) is 8.26.